The second kappa shape index (κ2) is 13.0. The molecule has 0 saturated carbocycles. The lowest BCUT2D eigenvalue weighted by Crippen LogP contribution is -2.03. The van der Waals surface area contributed by atoms with Crippen LogP contribution in [0.3, 0.4) is 0 Å². The highest BCUT2D eigenvalue weighted by Gasteiger charge is 2.30. The first-order valence-corrected chi connectivity index (χ1v) is 16.4. The number of phenolic OH excluding ortho intramolecular Hbond substituents is 1. The standard InChI is InChI=1S/C27H18F3N5O10S3/c28-27(29,30)14-2-1-3-15(10-14)32-33-21-6-7-22(19-11-16(47(38,39)40)4-5-17(19)21)34-35-25-23(46-45-44-37)8-13-9-24(48(41,42)43)20(31)12-18(13)26(25)36/h1-12,36-37H,31H2,(H,38,39,40)(H,41,42,43)/b33-32+,35-34+. The van der Waals surface area contributed by atoms with Gasteiger partial charge in [0, 0.05) is 16.2 Å². The van der Waals surface area contributed by atoms with Crippen molar-refractivity contribution < 1.29 is 58.8 Å². The van der Waals surface area contributed by atoms with E-state index in [1.165, 1.54) is 30.3 Å². The summed E-state index contributed by atoms with van der Waals surface area (Å²) in [5, 5.41) is 39.5. The molecule has 0 spiro atoms. The zero-order valence-corrected chi connectivity index (χ0v) is 25.8. The van der Waals surface area contributed by atoms with Gasteiger partial charge in [0.1, 0.15) is 10.6 Å². The molecule has 0 heterocycles. The van der Waals surface area contributed by atoms with Crippen LogP contribution in [0.4, 0.5) is 41.6 Å². The first-order chi connectivity index (χ1) is 22.5. The van der Waals surface area contributed by atoms with E-state index < -0.39 is 53.2 Å². The molecular formula is C27H18F3N5O10S3. The number of rotatable bonds is 9. The van der Waals surface area contributed by atoms with E-state index in [0.29, 0.717) is 12.0 Å². The molecule has 0 unspecified atom stereocenters. The molecule has 0 aliphatic heterocycles. The third-order valence-electron chi connectivity index (χ3n) is 6.56. The van der Waals surface area contributed by atoms with Crippen molar-refractivity contribution in [1.29, 1.82) is 0 Å². The average Bonchev–Trinajstić information content (AvgIpc) is 3.01. The first kappa shape index (κ1) is 34.6. The van der Waals surface area contributed by atoms with E-state index in [1.54, 1.807) is 0 Å². The Morgan fingerprint density at radius 1 is 0.771 bits per heavy atom. The van der Waals surface area contributed by atoms with E-state index >= 15 is 0 Å². The van der Waals surface area contributed by atoms with Crippen molar-refractivity contribution in [2.45, 2.75) is 20.9 Å². The molecule has 0 aliphatic carbocycles. The maximum absolute atomic E-state index is 13.1. The highest BCUT2D eigenvalue weighted by Crippen LogP contribution is 2.46. The molecule has 21 heteroatoms. The molecule has 6 N–H and O–H groups in total. The molecular weight excluding hydrogens is 708 g/mol. The zero-order valence-electron chi connectivity index (χ0n) is 23.4. The molecule has 0 bridgehead atoms. The summed E-state index contributed by atoms with van der Waals surface area (Å²) >= 11 is 0.308. The van der Waals surface area contributed by atoms with E-state index in [2.05, 4.69) is 29.8 Å². The van der Waals surface area contributed by atoms with E-state index in [9.17, 15) is 44.2 Å². The van der Waals surface area contributed by atoms with Crippen LogP contribution in [0.1, 0.15) is 5.56 Å². The van der Waals surface area contributed by atoms with Gasteiger partial charge in [0.05, 0.1) is 50.1 Å². The highest BCUT2D eigenvalue weighted by atomic mass is 32.2. The fraction of sp³-hybridized carbons (Fsp3) is 0.0370. The largest absolute Gasteiger partial charge is 0.505 e. The van der Waals surface area contributed by atoms with Crippen LogP contribution in [0, 0.1) is 0 Å². The van der Waals surface area contributed by atoms with Gasteiger partial charge < -0.3 is 10.8 Å². The molecule has 5 aromatic rings. The van der Waals surface area contributed by atoms with E-state index in [-0.39, 0.29) is 49.2 Å². The number of benzene rings is 5. The second-order valence-electron chi connectivity index (χ2n) is 9.62. The molecule has 0 saturated heterocycles. The maximum atomic E-state index is 13.1. The van der Waals surface area contributed by atoms with Gasteiger partial charge in [0.2, 0.25) is 0 Å². The molecule has 250 valence electrons. The van der Waals surface area contributed by atoms with Gasteiger partial charge in [-0.3, -0.25) is 9.11 Å². The van der Waals surface area contributed by atoms with Crippen LogP contribution in [0.5, 0.6) is 5.75 Å². The van der Waals surface area contributed by atoms with E-state index in [1.807, 2.05) is 0 Å². The fourth-order valence-corrected chi connectivity index (χ4v) is 6.05. The molecule has 0 amide bonds. The Hall–Kier alpha value is -4.74. The lowest BCUT2D eigenvalue weighted by Gasteiger charge is -2.12. The molecule has 5 aromatic carbocycles. The number of phenols is 1. The van der Waals surface area contributed by atoms with Gasteiger partial charge in [-0.1, -0.05) is 17.2 Å². The van der Waals surface area contributed by atoms with Crippen molar-refractivity contribution in [3.8, 4) is 5.75 Å². The minimum atomic E-state index is -4.76. The SMILES string of the molecule is Nc1cc2c(O)c(/N=N/c3ccc(/N=N/c4cccc(C(F)(F)F)c4)c4ccc(S(=O)(=O)O)cc34)c(SOOO)cc2cc1S(=O)(=O)O. The molecule has 0 fully saturated rings. The molecule has 15 nitrogen and oxygen atoms in total. The monoisotopic (exact) mass is 725 g/mol. The van der Waals surface area contributed by atoms with E-state index in [0.717, 1.165) is 42.5 Å². The van der Waals surface area contributed by atoms with Crippen LogP contribution in [0.2, 0.25) is 0 Å². The Kier molecular flexibility index (Phi) is 9.40. The number of fused-ring (bicyclic) bond motifs is 2. The van der Waals surface area contributed by atoms with Gasteiger partial charge in [-0.05, 0) is 66.0 Å². The summed E-state index contributed by atoms with van der Waals surface area (Å²) in [6, 6.07) is 13.2. The van der Waals surface area contributed by atoms with Crippen LogP contribution in [-0.2, 0) is 35.8 Å². The summed E-state index contributed by atoms with van der Waals surface area (Å²) in [4.78, 5) is -1.33. The molecule has 48 heavy (non-hydrogen) atoms. The normalized spacial score (nSPS) is 13.0. The Morgan fingerprint density at radius 3 is 2.10 bits per heavy atom. The topological polar surface area (TPSA) is 243 Å². The zero-order chi connectivity index (χ0) is 35.0. The summed E-state index contributed by atoms with van der Waals surface area (Å²) in [6.07, 6.45) is -4.62. The fourth-order valence-electron chi connectivity index (χ4n) is 4.42. The van der Waals surface area contributed by atoms with Crippen LogP contribution in [0.15, 0.2) is 108 Å². The smallest absolute Gasteiger partial charge is 0.416 e. The first-order valence-electron chi connectivity index (χ1n) is 12.7. The van der Waals surface area contributed by atoms with E-state index in [4.69, 9.17) is 11.0 Å². The molecule has 0 radical (unpaired) electrons. The van der Waals surface area contributed by atoms with Crippen molar-refractivity contribution >= 4 is 82.3 Å². The van der Waals surface area contributed by atoms with Crippen molar-refractivity contribution in [3.63, 3.8) is 0 Å². The molecule has 0 aromatic heterocycles. The van der Waals surface area contributed by atoms with Crippen molar-refractivity contribution in [1.82, 2.24) is 0 Å². The van der Waals surface area contributed by atoms with Crippen molar-refractivity contribution in [2.24, 2.45) is 20.5 Å². The summed E-state index contributed by atoms with van der Waals surface area (Å²) in [6.45, 7) is 0. The summed E-state index contributed by atoms with van der Waals surface area (Å²) in [7, 11) is -9.50. The van der Waals surface area contributed by atoms with Crippen LogP contribution in [0.25, 0.3) is 21.5 Å². The van der Waals surface area contributed by atoms with Crippen molar-refractivity contribution in [2.75, 3.05) is 5.73 Å². The number of azo groups is 2. The van der Waals surface area contributed by atoms with Crippen LogP contribution >= 0.6 is 12.0 Å². The number of hydrogen-bond donors (Lipinski definition) is 5. The number of nitrogens with zero attached hydrogens (tertiary/aromatic N) is 4. The Morgan fingerprint density at radius 2 is 1.46 bits per heavy atom. The van der Waals surface area contributed by atoms with Gasteiger partial charge in [-0.25, -0.2) is 5.26 Å². The number of alkyl halides is 3. The highest BCUT2D eigenvalue weighted by molar-refractivity contribution is 7.94. The minimum absolute atomic E-state index is 0.0147. The molecule has 0 atom stereocenters. The summed E-state index contributed by atoms with van der Waals surface area (Å²) in [5.41, 5.74) is 3.92. The maximum Gasteiger partial charge on any atom is 0.416 e. The predicted molar refractivity (Wildman–Crippen MR) is 164 cm³/mol. The number of halogens is 3. The minimum Gasteiger partial charge on any atom is -0.505 e. The quantitative estimate of drug-likeness (QED) is 0.0242. The van der Waals surface area contributed by atoms with Crippen LogP contribution < -0.4 is 5.73 Å². The van der Waals surface area contributed by atoms with Gasteiger partial charge in [0.15, 0.2) is 5.75 Å². The third-order valence-corrected chi connectivity index (χ3v) is 8.94. The average molecular weight is 726 g/mol. The van der Waals surface area contributed by atoms with Gasteiger partial charge in [-0.15, -0.1) is 19.7 Å². The Balaban J connectivity index is 1.66. The Labute approximate surface area is 271 Å². The Bertz CT molecular complexity index is 2370. The number of aromatic hydroxyl groups is 1. The second-order valence-corrected chi connectivity index (χ2v) is 13.2. The third kappa shape index (κ3) is 7.37. The molecule has 5 rings (SSSR count). The number of nitrogen functional groups attached to an aromatic ring is 1. The summed E-state index contributed by atoms with van der Waals surface area (Å²) < 4.78 is 110. The number of nitrogens with two attached hydrogens (primary N) is 1. The number of hydrogen-bond acceptors (Lipinski definition) is 14. The predicted octanol–water partition coefficient (Wildman–Crippen LogP) is 8.05. The van der Waals surface area contributed by atoms with Crippen LogP contribution in [-0.4, -0.2) is 36.3 Å². The van der Waals surface area contributed by atoms with Gasteiger partial charge in [0.25, 0.3) is 20.2 Å². The molecule has 0 aliphatic rings. The van der Waals surface area contributed by atoms with Gasteiger partial charge >= 0.3 is 6.18 Å². The summed E-state index contributed by atoms with van der Waals surface area (Å²) in [5.74, 6) is -0.622. The van der Waals surface area contributed by atoms with Gasteiger partial charge in [-0.2, -0.15) is 35.1 Å². The number of anilines is 1. The lowest BCUT2D eigenvalue weighted by atomic mass is 10.1. The lowest BCUT2D eigenvalue weighted by molar-refractivity contribution is -0.432. The van der Waals surface area contributed by atoms with Crippen molar-refractivity contribution in [3.05, 3.63) is 78.4 Å².